The van der Waals surface area contributed by atoms with Crippen LogP contribution in [0, 0.1) is 5.21 Å². The minimum Gasteiger partial charge on any atom is -0.369 e. The predicted molar refractivity (Wildman–Crippen MR) is 61.4 cm³/mol. The summed E-state index contributed by atoms with van der Waals surface area (Å²) < 4.78 is 16.2. The number of nitrogens with two attached hydrogens (primary N) is 1. The third kappa shape index (κ3) is 2.38. The molecule has 0 spiro atoms. The Morgan fingerprint density at radius 2 is 2.11 bits per heavy atom. The van der Waals surface area contributed by atoms with Crippen molar-refractivity contribution in [3.63, 3.8) is 0 Å². The van der Waals surface area contributed by atoms with Crippen molar-refractivity contribution < 1.29 is 18.5 Å². The Balaban J connectivity index is 2.45. The van der Waals surface area contributed by atoms with Crippen LogP contribution in [0.4, 0.5) is 0 Å². The Morgan fingerprint density at radius 3 is 2.72 bits per heavy atom. The average Bonchev–Trinajstić information content (AvgIpc) is 2.71. The van der Waals surface area contributed by atoms with Gasteiger partial charge in [-0.15, -0.1) is 0 Å². The van der Waals surface area contributed by atoms with Crippen molar-refractivity contribution in [3.8, 4) is 11.3 Å². The largest absolute Gasteiger partial charge is 0.369 e. The Bertz CT molecular complexity index is 596. The minimum absolute atomic E-state index is 0.0233. The van der Waals surface area contributed by atoms with E-state index in [1.807, 2.05) is 0 Å². The maximum atomic E-state index is 11.8. The number of hydrogen-bond acceptors (Lipinski definition) is 5. The van der Waals surface area contributed by atoms with E-state index in [0.29, 0.717) is 5.56 Å². The van der Waals surface area contributed by atoms with Gasteiger partial charge in [-0.2, -0.15) is 0 Å². The summed E-state index contributed by atoms with van der Waals surface area (Å²) in [6.07, 6.45) is 0. The zero-order valence-corrected chi connectivity index (χ0v) is 9.92. The summed E-state index contributed by atoms with van der Waals surface area (Å²) in [4.78, 5) is 10.9. The topological polar surface area (TPSA) is 113 Å². The molecule has 2 rings (SSSR count). The lowest BCUT2D eigenvalue weighted by atomic mass is 10.2. The summed E-state index contributed by atoms with van der Waals surface area (Å²) in [6, 6.07) is 8.48. The van der Waals surface area contributed by atoms with E-state index in [2.05, 4.69) is 9.79 Å². The molecule has 1 atom stereocenters. The van der Waals surface area contributed by atoms with E-state index in [4.69, 9.17) is 5.73 Å². The molecule has 7 nitrogen and oxygen atoms in total. The number of nitrogens with zero attached hydrogens (tertiary/aromatic N) is 2. The lowest BCUT2D eigenvalue weighted by Gasteiger charge is -1.97. The van der Waals surface area contributed by atoms with Gasteiger partial charge in [0.1, 0.15) is 16.6 Å². The highest BCUT2D eigenvalue weighted by Crippen LogP contribution is 2.21. The molecule has 18 heavy (non-hydrogen) atoms. The minimum atomic E-state index is -1.80. The zero-order valence-electron chi connectivity index (χ0n) is 9.11. The van der Waals surface area contributed by atoms with Crippen LogP contribution in [0.15, 0.2) is 40.0 Å². The van der Waals surface area contributed by atoms with Crippen molar-refractivity contribution in [2.75, 3.05) is 5.75 Å². The molecule has 1 unspecified atom stereocenters. The van der Waals surface area contributed by atoms with Crippen LogP contribution in [0.1, 0.15) is 0 Å². The van der Waals surface area contributed by atoms with E-state index in [1.54, 1.807) is 30.3 Å². The summed E-state index contributed by atoms with van der Waals surface area (Å²) in [5.74, 6) is -1.15. The van der Waals surface area contributed by atoms with E-state index in [-0.39, 0.29) is 15.6 Å². The lowest BCUT2D eigenvalue weighted by molar-refractivity contribution is -0.793. The van der Waals surface area contributed by atoms with Crippen molar-refractivity contribution in [1.82, 2.24) is 5.16 Å². The predicted octanol–water partition coefficient (Wildman–Crippen LogP) is -0.432. The number of carbonyl (C=O) groups excluding carboxylic acids is 1. The molecule has 2 aromatic rings. The number of amides is 1. The highest BCUT2D eigenvalue weighted by Gasteiger charge is 2.27. The molecular weight excluding hydrogens is 258 g/mol. The summed E-state index contributed by atoms with van der Waals surface area (Å²) in [5.41, 5.74) is 5.48. The second kappa shape index (κ2) is 4.96. The zero-order chi connectivity index (χ0) is 13.1. The fourth-order valence-corrected chi connectivity index (χ4v) is 2.33. The maximum absolute atomic E-state index is 11.8. The molecule has 0 aliphatic rings. The third-order valence-corrected chi connectivity index (χ3v) is 3.37. The van der Waals surface area contributed by atoms with Crippen LogP contribution in [0.3, 0.4) is 0 Å². The summed E-state index contributed by atoms with van der Waals surface area (Å²) in [6.45, 7) is 0. The third-order valence-electron chi connectivity index (χ3n) is 2.12. The van der Waals surface area contributed by atoms with Crippen LogP contribution < -0.4 is 10.6 Å². The summed E-state index contributed by atoms with van der Waals surface area (Å²) in [5, 5.41) is 14.8. The monoisotopic (exact) mass is 267 g/mol. The summed E-state index contributed by atoms with van der Waals surface area (Å²) in [7, 11) is -1.80. The van der Waals surface area contributed by atoms with Crippen LogP contribution in [0.2, 0.25) is 0 Å². The first kappa shape index (κ1) is 12.2. The first-order valence-electron chi connectivity index (χ1n) is 4.91. The molecule has 0 radical (unpaired) electrons. The molecule has 1 heterocycles. The van der Waals surface area contributed by atoms with Gasteiger partial charge in [-0.1, -0.05) is 30.3 Å². The Labute approximate surface area is 104 Å². The maximum Gasteiger partial charge on any atom is 0.312 e. The molecular formula is C10H9N3O4S. The quantitative estimate of drug-likeness (QED) is 0.755. The fourth-order valence-electron chi connectivity index (χ4n) is 1.41. The molecule has 1 aromatic heterocycles. The molecule has 1 amide bonds. The van der Waals surface area contributed by atoms with Gasteiger partial charge < -0.3 is 10.9 Å². The van der Waals surface area contributed by atoms with E-state index < -0.39 is 22.5 Å². The highest BCUT2D eigenvalue weighted by molar-refractivity contribution is 7.85. The molecule has 1 aromatic carbocycles. The molecule has 0 saturated heterocycles. The van der Waals surface area contributed by atoms with Crippen LogP contribution >= 0.6 is 0 Å². The Kier molecular flexibility index (Phi) is 3.38. The number of primary amides is 1. The Morgan fingerprint density at radius 1 is 1.44 bits per heavy atom. The van der Waals surface area contributed by atoms with Gasteiger partial charge in [-0.3, -0.25) is 9.42 Å². The molecule has 2 N–H and O–H groups in total. The van der Waals surface area contributed by atoms with E-state index in [1.165, 1.54) is 0 Å². The number of carbonyl (C=O) groups is 1. The highest BCUT2D eigenvalue weighted by atomic mass is 32.2. The SMILES string of the molecule is NC(=O)CS(=O)c1no[n+]([O-])c1-c1ccccc1. The normalized spacial score (nSPS) is 12.2. The van der Waals surface area contributed by atoms with E-state index >= 15 is 0 Å². The van der Waals surface area contributed by atoms with E-state index in [9.17, 15) is 14.2 Å². The van der Waals surface area contributed by atoms with Crippen molar-refractivity contribution in [3.05, 3.63) is 35.5 Å². The van der Waals surface area contributed by atoms with Gasteiger partial charge in [0, 0.05) is 5.56 Å². The van der Waals surface area contributed by atoms with Gasteiger partial charge in [0.15, 0.2) is 0 Å². The second-order valence-electron chi connectivity index (χ2n) is 3.41. The van der Waals surface area contributed by atoms with Gasteiger partial charge in [0.05, 0.1) is 5.16 Å². The second-order valence-corrected chi connectivity index (χ2v) is 4.77. The molecule has 0 aliphatic carbocycles. The first-order valence-corrected chi connectivity index (χ1v) is 6.23. The van der Waals surface area contributed by atoms with Gasteiger partial charge >= 0.3 is 5.03 Å². The van der Waals surface area contributed by atoms with Gasteiger partial charge in [-0.05, 0) is 4.90 Å². The van der Waals surface area contributed by atoms with Crippen LogP contribution in [0.5, 0.6) is 0 Å². The fraction of sp³-hybridized carbons (Fsp3) is 0.100. The summed E-state index contributed by atoms with van der Waals surface area (Å²) >= 11 is 0. The Hall–Kier alpha value is -2.22. The number of benzene rings is 1. The number of hydrogen-bond donors (Lipinski definition) is 1. The lowest BCUT2D eigenvalue weighted by Crippen LogP contribution is -2.26. The molecule has 0 bridgehead atoms. The molecule has 0 aliphatic heterocycles. The van der Waals surface area contributed by atoms with Crippen LogP contribution in [-0.4, -0.2) is 21.0 Å². The van der Waals surface area contributed by atoms with Crippen LogP contribution in [0.25, 0.3) is 11.3 Å². The molecule has 0 saturated carbocycles. The van der Waals surface area contributed by atoms with Crippen molar-refractivity contribution in [2.45, 2.75) is 5.03 Å². The van der Waals surface area contributed by atoms with Crippen molar-refractivity contribution >= 4 is 16.7 Å². The van der Waals surface area contributed by atoms with Crippen molar-refractivity contribution in [1.29, 1.82) is 0 Å². The average molecular weight is 267 g/mol. The molecule has 0 fully saturated rings. The van der Waals surface area contributed by atoms with Crippen LogP contribution in [-0.2, 0) is 15.6 Å². The van der Waals surface area contributed by atoms with E-state index in [0.717, 1.165) is 0 Å². The molecule has 8 heteroatoms. The molecule has 94 valence electrons. The van der Waals surface area contributed by atoms with Gasteiger partial charge in [0.2, 0.25) is 11.6 Å². The number of rotatable bonds is 4. The van der Waals surface area contributed by atoms with Gasteiger partial charge in [-0.25, -0.2) is 4.21 Å². The standard InChI is InChI=1S/C10H9N3O4S/c11-8(14)6-18(16)10-9(13(15)17-12-10)7-4-2-1-3-5-7/h1-5H,6H2,(H2,11,14). The number of aromatic nitrogens is 2. The van der Waals surface area contributed by atoms with Crippen molar-refractivity contribution in [2.24, 2.45) is 5.73 Å². The smallest absolute Gasteiger partial charge is 0.312 e. The first-order chi connectivity index (χ1) is 8.59. The van der Waals surface area contributed by atoms with Gasteiger partial charge in [0.25, 0.3) is 0 Å².